The van der Waals surface area contributed by atoms with E-state index in [2.05, 4.69) is 10.3 Å². The average Bonchev–Trinajstić information content (AvgIpc) is 3.25. The number of amides is 2. The van der Waals surface area contributed by atoms with Gasteiger partial charge in [0.25, 0.3) is 5.91 Å². The molecule has 2 fully saturated rings. The molecule has 2 saturated heterocycles. The van der Waals surface area contributed by atoms with Gasteiger partial charge in [-0.05, 0) is 67.1 Å². The first-order chi connectivity index (χ1) is 27.5. The van der Waals surface area contributed by atoms with Crippen molar-refractivity contribution in [1.82, 2.24) is 25.4 Å². The number of ether oxygens (including phenoxy) is 4. The molecule has 2 aliphatic heterocycles. The van der Waals surface area contributed by atoms with Crippen LogP contribution < -0.4 is 19.6 Å². The molecule has 13 heteroatoms. The number of halogens is 1. The fourth-order valence-electron chi connectivity index (χ4n) is 7.85. The molecule has 0 aliphatic carbocycles. The molecule has 12 nitrogen and oxygen atoms in total. The van der Waals surface area contributed by atoms with Crippen LogP contribution in [0.3, 0.4) is 0 Å². The van der Waals surface area contributed by atoms with Gasteiger partial charge in [-0.3, -0.25) is 29.7 Å². The molecule has 1 unspecified atom stereocenters. The lowest BCUT2D eigenvalue weighted by atomic mass is 9.72. The normalized spacial score (nSPS) is 16.6. The Kier molecular flexibility index (Phi) is 13.1. The third kappa shape index (κ3) is 8.60. The molecule has 6 rings (SSSR count). The topological polar surface area (TPSA) is 113 Å². The Balaban J connectivity index is 1.23. The Morgan fingerprint density at radius 3 is 1.93 bits per heavy atom. The third-order valence-electron chi connectivity index (χ3n) is 11.2. The van der Waals surface area contributed by atoms with E-state index in [0.29, 0.717) is 92.7 Å². The highest BCUT2D eigenvalue weighted by Gasteiger charge is 2.45. The Morgan fingerprint density at radius 1 is 0.789 bits per heavy atom. The molecule has 2 aliphatic rings. The number of carbonyl (C=O) groups is 3. The number of piperidine rings is 1. The van der Waals surface area contributed by atoms with Crippen LogP contribution in [-0.2, 0) is 19.7 Å². The van der Waals surface area contributed by atoms with E-state index in [4.69, 9.17) is 18.9 Å². The Labute approximate surface area is 334 Å². The van der Waals surface area contributed by atoms with Crippen LogP contribution in [0.5, 0.6) is 17.2 Å². The van der Waals surface area contributed by atoms with Gasteiger partial charge >= 0.3 is 5.97 Å². The summed E-state index contributed by atoms with van der Waals surface area (Å²) in [5.74, 6) is 0.0956. The molecular weight excluding hydrogens is 730 g/mol. The van der Waals surface area contributed by atoms with Crippen molar-refractivity contribution in [3.05, 3.63) is 102 Å². The zero-order valence-electron chi connectivity index (χ0n) is 33.5. The summed E-state index contributed by atoms with van der Waals surface area (Å²) in [5.41, 5.74) is 6.62. The number of nitrogens with one attached hydrogen (secondary N) is 1. The van der Waals surface area contributed by atoms with Gasteiger partial charge in [0.1, 0.15) is 11.9 Å². The SMILES string of the molecule is CCOC(=O)C(C)N1CCN(NC(=O)C2(c3ccccc3)CCN(N(C)C(=O)c3cc(OC)c(OC)c(OC)c3-c3ccc(-c4ccc(F)cc4)cc3)CC2)CC1. The number of hydrogen-bond donors (Lipinski definition) is 1. The number of hydrazine groups is 2. The van der Waals surface area contributed by atoms with Crippen molar-refractivity contribution in [2.75, 3.05) is 74.3 Å². The van der Waals surface area contributed by atoms with E-state index in [0.717, 1.165) is 16.7 Å². The highest BCUT2D eigenvalue weighted by molar-refractivity contribution is 6.04. The van der Waals surface area contributed by atoms with E-state index in [-0.39, 0.29) is 29.6 Å². The largest absolute Gasteiger partial charge is 0.493 e. The van der Waals surface area contributed by atoms with Crippen molar-refractivity contribution in [3.63, 3.8) is 0 Å². The fraction of sp³-hybridized carbons (Fsp3) is 0.386. The van der Waals surface area contributed by atoms with E-state index in [1.807, 2.05) is 71.5 Å². The van der Waals surface area contributed by atoms with Gasteiger partial charge in [-0.25, -0.2) is 14.4 Å². The maximum Gasteiger partial charge on any atom is 0.323 e. The summed E-state index contributed by atoms with van der Waals surface area (Å²) < 4.78 is 36.2. The van der Waals surface area contributed by atoms with Crippen LogP contribution >= 0.6 is 0 Å². The minimum absolute atomic E-state index is 0.0924. The van der Waals surface area contributed by atoms with Crippen LogP contribution in [0, 0.1) is 5.82 Å². The maximum atomic E-state index is 14.7. The van der Waals surface area contributed by atoms with Gasteiger partial charge in [0.15, 0.2) is 11.5 Å². The van der Waals surface area contributed by atoms with Crippen molar-refractivity contribution in [3.8, 4) is 39.5 Å². The predicted octanol–water partition coefficient (Wildman–Crippen LogP) is 5.81. The molecule has 2 heterocycles. The lowest BCUT2D eigenvalue weighted by Gasteiger charge is -2.45. The Hall–Kier alpha value is -5.50. The third-order valence-corrected chi connectivity index (χ3v) is 11.2. The molecule has 1 atom stereocenters. The smallest absolute Gasteiger partial charge is 0.323 e. The number of hydrogen-bond acceptors (Lipinski definition) is 10. The van der Waals surface area contributed by atoms with Crippen LogP contribution in [0.2, 0.25) is 0 Å². The Bertz CT molecular complexity index is 2010. The van der Waals surface area contributed by atoms with Crippen LogP contribution in [0.15, 0.2) is 84.9 Å². The molecule has 0 bridgehead atoms. The molecule has 57 heavy (non-hydrogen) atoms. The highest BCUT2D eigenvalue weighted by Crippen LogP contribution is 2.47. The first-order valence-corrected chi connectivity index (χ1v) is 19.3. The zero-order chi connectivity index (χ0) is 40.7. The van der Waals surface area contributed by atoms with Gasteiger partial charge in [-0.2, -0.15) is 0 Å². The number of esters is 1. The monoisotopic (exact) mass is 781 g/mol. The summed E-state index contributed by atoms with van der Waals surface area (Å²) in [7, 11) is 6.29. The minimum atomic E-state index is -0.832. The molecular formula is C44H52FN5O7. The first kappa shape index (κ1) is 41.1. The predicted molar refractivity (Wildman–Crippen MR) is 215 cm³/mol. The number of nitrogens with zero attached hydrogens (tertiary/aromatic N) is 4. The highest BCUT2D eigenvalue weighted by atomic mass is 19.1. The van der Waals surface area contributed by atoms with Crippen LogP contribution in [0.1, 0.15) is 42.6 Å². The van der Waals surface area contributed by atoms with Gasteiger partial charge in [0.2, 0.25) is 11.7 Å². The van der Waals surface area contributed by atoms with Gasteiger partial charge in [-0.1, -0.05) is 66.7 Å². The van der Waals surface area contributed by atoms with E-state index in [1.165, 1.54) is 33.5 Å². The summed E-state index contributed by atoms with van der Waals surface area (Å²) in [6, 6.07) is 25.0. The first-order valence-electron chi connectivity index (χ1n) is 19.3. The molecule has 0 radical (unpaired) electrons. The number of rotatable bonds is 13. The second kappa shape index (κ2) is 18.2. The molecule has 0 saturated carbocycles. The van der Waals surface area contributed by atoms with Gasteiger partial charge in [0, 0.05) is 51.9 Å². The molecule has 2 amide bonds. The summed E-state index contributed by atoms with van der Waals surface area (Å²) >= 11 is 0. The van der Waals surface area contributed by atoms with Crippen molar-refractivity contribution >= 4 is 17.8 Å². The van der Waals surface area contributed by atoms with Crippen LogP contribution in [0.25, 0.3) is 22.3 Å². The van der Waals surface area contributed by atoms with Crippen molar-refractivity contribution in [2.45, 2.75) is 38.1 Å². The summed E-state index contributed by atoms with van der Waals surface area (Å²) in [5, 5.41) is 5.51. The summed E-state index contributed by atoms with van der Waals surface area (Å²) in [6.45, 7) is 7.20. The second-order valence-corrected chi connectivity index (χ2v) is 14.3. The van der Waals surface area contributed by atoms with E-state index >= 15 is 0 Å². The number of methoxy groups -OCH3 is 3. The van der Waals surface area contributed by atoms with Crippen molar-refractivity contribution in [2.24, 2.45) is 0 Å². The summed E-state index contributed by atoms with van der Waals surface area (Å²) in [4.78, 5) is 43.4. The van der Waals surface area contributed by atoms with E-state index < -0.39 is 5.41 Å². The van der Waals surface area contributed by atoms with E-state index in [1.54, 1.807) is 37.2 Å². The second-order valence-electron chi connectivity index (χ2n) is 14.3. The average molecular weight is 782 g/mol. The van der Waals surface area contributed by atoms with Crippen molar-refractivity contribution < 1.29 is 37.7 Å². The van der Waals surface area contributed by atoms with Crippen LogP contribution in [-0.4, -0.2) is 118 Å². The number of piperazine rings is 1. The number of benzene rings is 4. The lowest BCUT2D eigenvalue weighted by molar-refractivity contribution is -0.150. The molecule has 0 spiro atoms. The maximum absolute atomic E-state index is 14.7. The van der Waals surface area contributed by atoms with E-state index in [9.17, 15) is 18.8 Å². The van der Waals surface area contributed by atoms with Gasteiger partial charge < -0.3 is 18.9 Å². The molecule has 4 aromatic carbocycles. The molecule has 302 valence electrons. The van der Waals surface area contributed by atoms with Gasteiger partial charge in [0.05, 0.1) is 38.9 Å². The quantitative estimate of drug-likeness (QED) is 0.167. The molecule has 4 aromatic rings. The fourth-order valence-corrected chi connectivity index (χ4v) is 7.85. The molecule has 1 N–H and O–H groups in total. The van der Waals surface area contributed by atoms with Gasteiger partial charge in [-0.15, -0.1) is 0 Å². The number of carbonyl (C=O) groups excluding carboxylic acids is 3. The van der Waals surface area contributed by atoms with Crippen molar-refractivity contribution in [1.29, 1.82) is 0 Å². The molecule has 0 aromatic heterocycles. The van der Waals surface area contributed by atoms with Crippen LogP contribution in [0.4, 0.5) is 4.39 Å². The lowest BCUT2D eigenvalue weighted by Crippen LogP contribution is -2.61. The Morgan fingerprint density at radius 2 is 1.37 bits per heavy atom. The summed E-state index contributed by atoms with van der Waals surface area (Å²) in [6.07, 6.45) is 0.931. The minimum Gasteiger partial charge on any atom is -0.493 e. The zero-order valence-corrected chi connectivity index (χ0v) is 33.5. The standard InChI is InChI=1S/C44H52FN5O7/c1-7-57-42(52)30(2)48-25-27-49(28-26-48)46-43(53)44(34-11-9-8-10-12-34)21-23-50(24-22-44)47(3)41(51)36-29-37(54-4)39(55-5)40(56-6)38(36)33-15-13-31(14-16-33)32-17-19-35(45)20-18-32/h8-20,29-30H,7,21-28H2,1-6H3,(H,46,53).